The molecule has 0 spiro atoms. The fourth-order valence-corrected chi connectivity index (χ4v) is 3.70. The number of carbonyl (C=O) groups is 2. The van der Waals surface area contributed by atoms with Crippen LogP contribution in [0.1, 0.15) is 59.6 Å². The Hall–Kier alpha value is -2.86. The molecule has 2 aromatic heterocycles. The zero-order chi connectivity index (χ0) is 20.1. The number of hydrogen-bond donors (Lipinski definition) is 1. The van der Waals surface area contributed by atoms with Crippen LogP contribution in [0.2, 0.25) is 0 Å². The molecule has 1 N–H and O–H groups in total. The minimum Gasteiger partial charge on any atom is -0.462 e. The van der Waals surface area contributed by atoms with Crippen LogP contribution in [-0.4, -0.2) is 18.5 Å². The standard InChI is InChI=1S/C22H23NO4S/c1-4-11-27-22(25)19-17(16-9-7-15(8-10-16)14(2)3)13-28-21(19)23-20(24)18-6-5-12-26-18/h5-10,12-14H,4,11H2,1-3H3,(H,23,24). The Bertz CT molecular complexity index is 940. The van der Waals surface area contributed by atoms with Gasteiger partial charge in [-0.2, -0.15) is 0 Å². The molecule has 0 unspecified atom stereocenters. The quantitative estimate of drug-likeness (QED) is 0.500. The maximum absolute atomic E-state index is 12.7. The summed E-state index contributed by atoms with van der Waals surface area (Å²) in [5.41, 5.74) is 3.25. The van der Waals surface area contributed by atoms with Crippen LogP contribution in [0.5, 0.6) is 0 Å². The van der Waals surface area contributed by atoms with Gasteiger partial charge in [0.2, 0.25) is 0 Å². The van der Waals surface area contributed by atoms with Gasteiger partial charge >= 0.3 is 5.97 Å². The number of nitrogens with one attached hydrogen (secondary N) is 1. The lowest BCUT2D eigenvalue weighted by atomic mass is 9.98. The summed E-state index contributed by atoms with van der Waals surface area (Å²) in [6.07, 6.45) is 2.16. The van der Waals surface area contributed by atoms with Crippen molar-refractivity contribution >= 4 is 28.2 Å². The summed E-state index contributed by atoms with van der Waals surface area (Å²) in [5, 5.41) is 5.09. The molecule has 0 bridgehead atoms. The van der Waals surface area contributed by atoms with E-state index in [1.165, 1.54) is 23.2 Å². The zero-order valence-corrected chi connectivity index (χ0v) is 17.0. The van der Waals surface area contributed by atoms with Gasteiger partial charge in [-0.15, -0.1) is 11.3 Å². The highest BCUT2D eigenvalue weighted by molar-refractivity contribution is 7.15. The Kier molecular flexibility index (Phi) is 6.31. The third-order valence-corrected chi connectivity index (χ3v) is 5.19. The van der Waals surface area contributed by atoms with Crippen molar-refractivity contribution in [2.45, 2.75) is 33.1 Å². The Labute approximate surface area is 168 Å². The van der Waals surface area contributed by atoms with Gasteiger partial charge < -0.3 is 14.5 Å². The van der Waals surface area contributed by atoms with Crippen molar-refractivity contribution in [1.29, 1.82) is 0 Å². The van der Waals surface area contributed by atoms with E-state index in [9.17, 15) is 9.59 Å². The summed E-state index contributed by atoms with van der Waals surface area (Å²) < 4.78 is 10.5. The predicted octanol–water partition coefficient (Wildman–Crippen LogP) is 5.95. The number of rotatable bonds is 7. The monoisotopic (exact) mass is 397 g/mol. The van der Waals surface area contributed by atoms with Gasteiger partial charge in [-0.1, -0.05) is 45.0 Å². The number of ether oxygens (including phenoxy) is 1. The van der Waals surface area contributed by atoms with Crippen molar-refractivity contribution in [3.8, 4) is 11.1 Å². The highest BCUT2D eigenvalue weighted by Gasteiger charge is 2.24. The molecule has 0 aliphatic heterocycles. The molecular weight excluding hydrogens is 374 g/mol. The smallest absolute Gasteiger partial charge is 0.341 e. The van der Waals surface area contributed by atoms with Crippen LogP contribution in [0, 0.1) is 0 Å². The summed E-state index contributed by atoms with van der Waals surface area (Å²) in [7, 11) is 0. The lowest BCUT2D eigenvalue weighted by Gasteiger charge is -2.10. The Morgan fingerprint density at radius 3 is 2.54 bits per heavy atom. The molecule has 1 amide bonds. The first-order chi connectivity index (χ1) is 13.5. The number of benzene rings is 1. The normalized spacial score (nSPS) is 10.9. The molecule has 0 atom stereocenters. The second-order valence-electron chi connectivity index (χ2n) is 6.70. The van der Waals surface area contributed by atoms with Gasteiger partial charge in [-0.3, -0.25) is 4.79 Å². The van der Waals surface area contributed by atoms with E-state index in [0.717, 1.165) is 17.5 Å². The average molecular weight is 397 g/mol. The number of amides is 1. The van der Waals surface area contributed by atoms with Crippen LogP contribution < -0.4 is 5.32 Å². The molecule has 0 saturated carbocycles. The van der Waals surface area contributed by atoms with Crippen molar-refractivity contribution in [1.82, 2.24) is 0 Å². The van der Waals surface area contributed by atoms with E-state index in [0.29, 0.717) is 23.1 Å². The fraction of sp³-hybridized carbons (Fsp3) is 0.273. The number of furan rings is 1. The van der Waals surface area contributed by atoms with Gasteiger partial charge in [0.15, 0.2) is 5.76 Å². The number of hydrogen-bond acceptors (Lipinski definition) is 5. The first-order valence-electron chi connectivity index (χ1n) is 9.25. The molecule has 0 aliphatic rings. The van der Waals surface area contributed by atoms with E-state index < -0.39 is 11.9 Å². The SMILES string of the molecule is CCCOC(=O)c1c(-c2ccc(C(C)C)cc2)csc1NC(=O)c1ccco1. The summed E-state index contributed by atoms with van der Waals surface area (Å²) in [5.74, 6) is -0.239. The van der Waals surface area contributed by atoms with E-state index in [1.807, 2.05) is 24.4 Å². The molecule has 5 nitrogen and oxygen atoms in total. The number of carbonyl (C=O) groups excluding carboxylic acids is 2. The minimum atomic E-state index is -0.444. The van der Waals surface area contributed by atoms with Crippen LogP contribution in [0.25, 0.3) is 11.1 Å². The van der Waals surface area contributed by atoms with Crippen LogP contribution >= 0.6 is 11.3 Å². The maximum atomic E-state index is 12.7. The van der Waals surface area contributed by atoms with Crippen molar-refractivity contribution in [3.05, 3.63) is 64.9 Å². The zero-order valence-electron chi connectivity index (χ0n) is 16.2. The molecule has 3 rings (SSSR count). The molecule has 1 aromatic carbocycles. The third-order valence-electron chi connectivity index (χ3n) is 4.29. The fourth-order valence-electron chi connectivity index (χ4n) is 2.75. The number of esters is 1. The van der Waals surface area contributed by atoms with E-state index in [1.54, 1.807) is 12.1 Å². The molecule has 0 radical (unpaired) electrons. The highest BCUT2D eigenvalue weighted by atomic mass is 32.1. The van der Waals surface area contributed by atoms with E-state index in [2.05, 4.69) is 31.3 Å². The molecule has 0 aliphatic carbocycles. The Balaban J connectivity index is 1.96. The van der Waals surface area contributed by atoms with Gasteiger partial charge in [0.1, 0.15) is 10.6 Å². The first-order valence-corrected chi connectivity index (χ1v) is 10.1. The number of anilines is 1. The average Bonchev–Trinajstić information content (AvgIpc) is 3.36. The van der Waals surface area contributed by atoms with Crippen LogP contribution in [0.3, 0.4) is 0 Å². The second-order valence-corrected chi connectivity index (χ2v) is 7.58. The largest absolute Gasteiger partial charge is 0.462 e. The molecule has 0 fully saturated rings. The van der Waals surface area contributed by atoms with E-state index >= 15 is 0 Å². The van der Waals surface area contributed by atoms with Crippen molar-refractivity contribution in [3.63, 3.8) is 0 Å². The van der Waals surface area contributed by atoms with Crippen molar-refractivity contribution < 1.29 is 18.7 Å². The highest BCUT2D eigenvalue weighted by Crippen LogP contribution is 2.37. The Morgan fingerprint density at radius 2 is 1.93 bits per heavy atom. The first kappa shape index (κ1) is 19.9. The molecule has 6 heteroatoms. The van der Waals surface area contributed by atoms with Crippen LogP contribution in [0.15, 0.2) is 52.5 Å². The predicted molar refractivity (Wildman–Crippen MR) is 111 cm³/mol. The summed E-state index contributed by atoms with van der Waals surface area (Å²) in [4.78, 5) is 25.1. The summed E-state index contributed by atoms with van der Waals surface area (Å²) >= 11 is 1.29. The molecule has 2 heterocycles. The summed E-state index contributed by atoms with van der Waals surface area (Å²) in [6.45, 7) is 6.53. The van der Waals surface area contributed by atoms with Gasteiger partial charge in [0, 0.05) is 10.9 Å². The third kappa shape index (κ3) is 4.34. The van der Waals surface area contributed by atoms with Gasteiger partial charge in [-0.05, 0) is 35.6 Å². The topological polar surface area (TPSA) is 68.5 Å². The maximum Gasteiger partial charge on any atom is 0.341 e. The van der Waals surface area contributed by atoms with Gasteiger partial charge in [-0.25, -0.2) is 4.79 Å². The molecule has 146 valence electrons. The van der Waals surface area contributed by atoms with Crippen molar-refractivity contribution in [2.75, 3.05) is 11.9 Å². The number of thiophene rings is 1. The summed E-state index contributed by atoms with van der Waals surface area (Å²) in [6, 6.07) is 11.3. The molecule has 28 heavy (non-hydrogen) atoms. The minimum absolute atomic E-state index is 0.184. The molecule has 0 saturated heterocycles. The lowest BCUT2D eigenvalue weighted by molar-refractivity contribution is 0.0507. The Morgan fingerprint density at radius 1 is 1.18 bits per heavy atom. The second kappa shape index (κ2) is 8.89. The van der Waals surface area contributed by atoms with E-state index in [-0.39, 0.29) is 5.76 Å². The van der Waals surface area contributed by atoms with Gasteiger partial charge in [0.25, 0.3) is 5.91 Å². The van der Waals surface area contributed by atoms with Crippen LogP contribution in [-0.2, 0) is 4.74 Å². The van der Waals surface area contributed by atoms with Gasteiger partial charge in [0.05, 0.1) is 12.9 Å². The van der Waals surface area contributed by atoms with Crippen molar-refractivity contribution in [2.24, 2.45) is 0 Å². The van der Waals surface area contributed by atoms with E-state index in [4.69, 9.17) is 9.15 Å². The molecular formula is C22H23NO4S. The molecule has 3 aromatic rings. The van der Waals surface area contributed by atoms with Crippen LogP contribution in [0.4, 0.5) is 5.00 Å². The lowest BCUT2D eigenvalue weighted by Crippen LogP contribution is -2.14.